The number of benzene rings is 6. The second-order valence-corrected chi connectivity index (χ2v) is 17.0. The van der Waals surface area contributed by atoms with Crippen LogP contribution in [-0.4, -0.2) is 75.5 Å². The number of H-pyrrole nitrogens is 1. The van der Waals surface area contributed by atoms with Gasteiger partial charge in [-0.25, -0.2) is 4.98 Å². The van der Waals surface area contributed by atoms with Crippen LogP contribution in [0.3, 0.4) is 0 Å². The molecule has 2 fully saturated rings. The van der Waals surface area contributed by atoms with E-state index < -0.39 is 53.3 Å². The van der Waals surface area contributed by atoms with Crippen molar-refractivity contribution in [1.82, 2.24) is 25.1 Å². The van der Waals surface area contributed by atoms with E-state index in [4.69, 9.17) is 14.5 Å². The lowest BCUT2D eigenvalue weighted by Crippen LogP contribution is -2.54. The highest BCUT2D eigenvalue weighted by Crippen LogP contribution is 2.64. The van der Waals surface area contributed by atoms with E-state index in [0.29, 0.717) is 40.5 Å². The van der Waals surface area contributed by atoms with Crippen LogP contribution in [0.25, 0.3) is 11.0 Å². The number of carbonyl (C=O) groups is 3. The van der Waals surface area contributed by atoms with Gasteiger partial charge in [0.2, 0.25) is 11.8 Å². The zero-order valence-electron chi connectivity index (χ0n) is 36.3. The SMILES string of the molecule is CN(CC#Cc1ccc2c(c1)[C@]1(C(=O)N2)[C@H](C(=O)NCc2nc3ccccc3[nH]2)[C@H]2C(=O)O[C@H](c3ccccc3)[C@H](c3ccccc3)N2[C@@H]1c1ccc(OCCO)cc1)Cc1ccccc1. The molecule has 330 valence electrons. The number of hydrogen-bond acceptors (Lipinski definition) is 9. The number of carbonyl (C=O) groups excluding carboxylic acids is 3. The summed E-state index contributed by atoms with van der Waals surface area (Å²) in [7, 11) is 2.01. The van der Waals surface area contributed by atoms with Crippen LogP contribution in [-0.2, 0) is 37.6 Å². The lowest BCUT2D eigenvalue weighted by atomic mass is 9.65. The number of aromatic nitrogens is 2. The topological polar surface area (TPSA) is 149 Å². The Kier molecular flexibility index (Phi) is 11.7. The summed E-state index contributed by atoms with van der Waals surface area (Å²) in [4.78, 5) is 58.5. The number of aromatic amines is 1. The Morgan fingerprint density at radius 2 is 1.55 bits per heavy atom. The number of para-hydroxylation sites is 2. The van der Waals surface area contributed by atoms with Crippen molar-refractivity contribution in [3.05, 3.63) is 197 Å². The smallest absolute Gasteiger partial charge is 0.324 e. The third-order valence-electron chi connectivity index (χ3n) is 12.9. The highest BCUT2D eigenvalue weighted by atomic mass is 16.6. The maximum atomic E-state index is 15.6. The molecule has 4 N–H and O–H groups in total. The van der Waals surface area contributed by atoms with E-state index in [9.17, 15) is 5.11 Å². The molecule has 3 aliphatic rings. The van der Waals surface area contributed by atoms with E-state index in [1.807, 2.05) is 141 Å². The minimum Gasteiger partial charge on any atom is -0.491 e. The van der Waals surface area contributed by atoms with Gasteiger partial charge in [-0.3, -0.25) is 24.2 Å². The molecule has 7 aromatic rings. The average Bonchev–Trinajstić information content (AvgIpc) is 4.01. The summed E-state index contributed by atoms with van der Waals surface area (Å²) in [6.45, 7) is 1.14. The standard InChI is InChI=1S/C54H48N6O6/c1-59(34-36-14-5-2-6-15-36)29-13-16-35-23-28-42-41(32-35)54(53(64)58-42)46(51(62)55-33-45-56-43-21-11-12-22-44(43)57-45)48-52(63)66-49(38-19-9-4-10-20-38)47(37-17-7-3-8-18-37)60(48)50(54)39-24-26-40(27-25-39)65-31-30-61/h2-12,14-15,17-28,32,46-50,61H,29-31,33-34H2,1H3,(H,55,62)(H,56,57)(H,58,64)/t46-,47-,48-,49+,50+,54-/m0/s1. The molecular weight excluding hydrogens is 829 g/mol. The molecule has 0 unspecified atom stereocenters. The Hall–Kier alpha value is -7.56. The van der Waals surface area contributed by atoms with Crippen molar-refractivity contribution in [2.45, 2.75) is 42.7 Å². The van der Waals surface area contributed by atoms with E-state index in [-0.39, 0.29) is 19.8 Å². The summed E-state index contributed by atoms with van der Waals surface area (Å²) in [5, 5.41) is 15.8. The number of esters is 1. The first-order valence-corrected chi connectivity index (χ1v) is 22.1. The summed E-state index contributed by atoms with van der Waals surface area (Å²) in [6, 6.07) is 47.3. The number of amides is 2. The average molecular weight is 877 g/mol. The number of ether oxygens (including phenoxy) is 2. The second-order valence-electron chi connectivity index (χ2n) is 17.0. The van der Waals surface area contributed by atoms with Gasteiger partial charge in [0.15, 0.2) is 0 Å². The first-order valence-electron chi connectivity index (χ1n) is 22.1. The minimum atomic E-state index is -1.70. The maximum absolute atomic E-state index is 15.6. The number of hydrogen-bond donors (Lipinski definition) is 4. The first kappa shape index (κ1) is 42.4. The predicted octanol–water partition coefficient (Wildman–Crippen LogP) is 7.00. The molecule has 2 amide bonds. The first-order chi connectivity index (χ1) is 32.3. The molecule has 3 aliphatic heterocycles. The lowest BCUT2D eigenvalue weighted by molar-refractivity contribution is -0.178. The Morgan fingerprint density at radius 1 is 0.848 bits per heavy atom. The number of morpholine rings is 1. The Morgan fingerprint density at radius 3 is 2.27 bits per heavy atom. The monoisotopic (exact) mass is 876 g/mol. The van der Waals surface area contributed by atoms with Crippen LogP contribution >= 0.6 is 0 Å². The third kappa shape index (κ3) is 7.77. The van der Waals surface area contributed by atoms with Gasteiger partial charge in [-0.05, 0) is 77.3 Å². The number of aliphatic hydroxyl groups excluding tert-OH is 1. The number of rotatable bonds is 12. The second kappa shape index (κ2) is 18.1. The number of cyclic esters (lactones) is 1. The molecule has 0 radical (unpaired) electrons. The van der Waals surface area contributed by atoms with Gasteiger partial charge >= 0.3 is 5.97 Å². The van der Waals surface area contributed by atoms with E-state index in [0.717, 1.165) is 28.7 Å². The van der Waals surface area contributed by atoms with Gasteiger partial charge < -0.3 is 30.2 Å². The van der Waals surface area contributed by atoms with Crippen molar-refractivity contribution in [2.24, 2.45) is 5.92 Å². The normalized spacial score (nSPS) is 22.0. The fraction of sp³-hybridized carbons (Fsp3) is 0.222. The van der Waals surface area contributed by atoms with E-state index in [2.05, 4.69) is 49.4 Å². The van der Waals surface area contributed by atoms with E-state index in [1.165, 1.54) is 5.56 Å². The molecule has 66 heavy (non-hydrogen) atoms. The van der Waals surface area contributed by atoms with Gasteiger partial charge in [-0.2, -0.15) is 0 Å². The summed E-state index contributed by atoms with van der Waals surface area (Å²) in [5.74, 6) is 4.84. The van der Waals surface area contributed by atoms with Crippen LogP contribution in [0, 0.1) is 17.8 Å². The highest BCUT2D eigenvalue weighted by Gasteiger charge is 2.74. The fourth-order valence-electron chi connectivity index (χ4n) is 10.2. The Balaban J connectivity index is 1.15. The van der Waals surface area contributed by atoms with Gasteiger partial charge in [-0.1, -0.05) is 127 Å². The van der Waals surface area contributed by atoms with Crippen molar-refractivity contribution in [3.63, 3.8) is 0 Å². The third-order valence-corrected chi connectivity index (χ3v) is 12.9. The number of imidazole rings is 1. The van der Waals surface area contributed by atoms with Crippen molar-refractivity contribution in [3.8, 4) is 17.6 Å². The molecule has 0 bridgehead atoms. The number of anilines is 1. The number of fused-ring (bicyclic) bond motifs is 4. The van der Waals surface area contributed by atoms with Crippen LogP contribution < -0.4 is 15.4 Å². The minimum absolute atomic E-state index is 0.00860. The van der Waals surface area contributed by atoms with Crippen LogP contribution in [0.15, 0.2) is 158 Å². The van der Waals surface area contributed by atoms with Crippen molar-refractivity contribution in [1.29, 1.82) is 0 Å². The molecule has 2 saturated heterocycles. The predicted molar refractivity (Wildman–Crippen MR) is 250 cm³/mol. The lowest BCUT2D eigenvalue weighted by Gasteiger charge is -2.46. The number of aliphatic hydroxyl groups is 1. The zero-order valence-corrected chi connectivity index (χ0v) is 36.3. The van der Waals surface area contributed by atoms with E-state index in [1.54, 1.807) is 12.1 Å². The maximum Gasteiger partial charge on any atom is 0.324 e. The molecule has 1 spiro atoms. The molecule has 12 heteroatoms. The van der Waals surface area contributed by atoms with Gasteiger partial charge in [0.25, 0.3) is 0 Å². The summed E-state index contributed by atoms with van der Waals surface area (Å²) < 4.78 is 12.4. The van der Waals surface area contributed by atoms with Crippen LogP contribution in [0.4, 0.5) is 5.69 Å². The molecule has 4 heterocycles. The van der Waals surface area contributed by atoms with Gasteiger partial charge in [0, 0.05) is 17.8 Å². The molecule has 10 rings (SSSR count). The summed E-state index contributed by atoms with van der Waals surface area (Å²) in [6.07, 6.45) is -0.810. The number of nitrogens with zero attached hydrogens (tertiary/aromatic N) is 3. The van der Waals surface area contributed by atoms with Crippen molar-refractivity contribution < 1.29 is 29.0 Å². The zero-order chi connectivity index (χ0) is 45.2. The molecule has 12 nitrogen and oxygen atoms in total. The molecule has 6 atom stereocenters. The van der Waals surface area contributed by atoms with Crippen molar-refractivity contribution in [2.75, 3.05) is 32.1 Å². The van der Waals surface area contributed by atoms with Crippen LogP contribution in [0.1, 0.15) is 57.4 Å². The van der Waals surface area contributed by atoms with Gasteiger partial charge in [0.1, 0.15) is 35.7 Å². The summed E-state index contributed by atoms with van der Waals surface area (Å²) >= 11 is 0. The molecular formula is C54H48N6O6. The molecule has 1 aromatic heterocycles. The fourth-order valence-corrected chi connectivity index (χ4v) is 10.2. The van der Waals surface area contributed by atoms with Crippen LogP contribution in [0.5, 0.6) is 5.75 Å². The molecule has 0 aliphatic carbocycles. The van der Waals surface area contributed by atoms with Gasteiger partial charge in [-0.15, -0.1) is 0 Å². The van der Waals surface area contributed by atoms with Crippen molar-refractivity contribution >= 4 is 34.5 Å². The molecule has 0 saturated carbocycles. The van der Waals surface area contributed by atoms with Gasteiger partial charge in [0.05, 0.1) is 48.7 Å². The largest absolute Gasteiger partial charge is 0.491 e. The van der Waals surface area contributed by atoms with Crippen LogP contribution in [0.2, 0.25) is 0 Å². The Labute approximate surface area is 382 Å². The highest BCUT2D eigenvalue weighted by molar-refractivity contribution is 6.12. The summed E-state index contributed by atoms with van der Waals surface area (Å²) in [5.41, 5.74) is 5.04. The Bertz CT molecular complexity index is 2920. The number of nitrogens with one attached hydrogen (secondary N) is 3. The molecule has 6 aromatic carbocycles. The quantitative estimate of drug-likeness (QED) is 0.0752. The van der Waals surface area contributed by atoms with E-state index >= 15 is 14.4 Å².